The number of rotatable bonds is 8. The Hall–Kier alpha value is -8.31. The van der Waals surface area contributed by atoms with Crippen LogP contribution in [0.15, 0.2) is 218 Å². The second-order valence-electron chi connectivity index (χ2n) is 17.5. The van der Waals surface area contributed by atoms with Crippen molar-refractivity contribution in [1.82, 2.24) is 18.7 Å². The van der Waals surface area contributed by atoms with Crippen molar-refractivity contribution in [2.45, 2.75) is 26.2 Å². The van der Waals surface area contributed by atoms with Crippen LogP contribution in [-0.4, -0.2) is 18.7 Å². The first-order valence-corrected chi connectivity index (χ1v) is 22.2. The zero-order chi connectivity index (χ0) is 62.6. The van der Waals surface area contributed by atoms with Gasteiger partial charge in [0.25, 0.3) is 6.33 Å². The van der Waals surface area contributed by atoms with Crippen molar-refractivity contribution in [3.05, 3.63) is 242 Å². The maximum Gasteiger partial charge on any atom is 0.268 e. The molecule has 4 aromatic heterocycles. The fourth-order valence-electron chi connectivity index (χ4n) is 9.14. The van der Waals surface area contributed by atoms with Crippen LogP contribution in [0.2, 0.25) is 0 Å². The molecule has 0 aliphatic rings. The van der Waals surface area contributed by atoms with Crippen LogP contribution in [0.4, 0.5) is 0 Å². The number of nitrogens with zero attached hydrogens (tertiary/aromatic N) is 5. The summed E-state index contributed by atoms with van der Waals surface area (Å²) in [5.41, 5.74) is 1.99. The van der Waals surface area contributed by atoms with Crippen LogP contribution in [0.25, 0.3) is 99.8 Å². The molecule has 0 aliphatic heterocycles. The third-order valence-electron chi connectivity index (χ3n) is 12.3. The third-order valence-corrected chi connectivity index (χ3v) is 12.3. The molecule has 6 nitrogen and oxygen atoms in total. The van der Waals surface area contributed by atoms with Crippen LogP contribution in [-0.2, 0) is 26.5 Å². The minimum atomic E-state index is -0.690. The fourth-order valence-corrected chi connectivity index (χ4v) is 9.14. The second kappa shape index (κ2) is 17.6. The Morgan fingerprint density at radius 2 is 1.20 bits per heavy atom. The van der Waals surface area contributed by atoms with E-state index in [0.29, 0.717) is 17.1 Å². The van der Waals surface area contributed by atoms with Gasteiger partial charge in [0, 0.05) is 60.7 Å². The molecule has 0 saturated carbocycles. The van der Waals surface area contributed by atoms with E-state index in [-0.39, 0.29) is 104 Å². The Morgan fingerprint density at radius 3 is 1.90 bits per heavy atom. The minimum Gasteiger partial charge on any atom is -0.510 e. The summed E-state index contributed by atoms with van der Waals surface area (Å²) in [6.45, 7) is 6.39. The summed E-state index contributed by atoms with van der Waals surface area (Å²) in [6, 6.07) is 25.2. The van der Waals surface area contributed by atoms with E-state index in [0.717, 1.165) is 21.9 Å². The summed E-state index contributed by atoms with van der Waals surface area (Å²) in [5.74, 6) is 1.20. The predicted molar refractivity (Wildman–Crippen MR) is 284 cm³/mol. The molecule has 0 N–H and O–H groups in total. The van der Waals surface area contributed by atoms with Gasteiger partial charge >= 0.3 is 0 Å². The SMILES string of the molecule is [2H]c1c([2H])c([2H])c(-c2cccc(-c3c([2H])c([2H])c([2H])c([2H])c3[2H])c2-[n+]2[c-]n(-c3[c-]c(Oc4[c-]c5c(cc4)c4ccccc4n5-c4cc(C(C)(C)C)ccn4)ccc3)c3ccc(-n4c5c([2H])c([2H])c([2H])c([2H])c5c5c([2H])c([2H])c([2H])c([2H])c54)cc32)c([2H])c1[2H].[Pt]. The Kier molecular flexibility index (Phi) is 7.03. The van der Waals surface area contributed by atoms with Crippen LogP contribution >= 0.6 is 0 Å². The number of para-hydroxylation sites is 4. The molecule has 344 valence electrons. The summed E-state index contributed by atoms with van der Waals surface area (Å²) in [6.07, 6.45) is 5.15. The van der Waals surface area contributed by atoms with Gasteiger partial charge in [-0.05, 0) is 86.7 Å². The normalized spacial score (nSPS) is 15.3. The molecule has 0 bridgehead atoms. The first-order chi connectivity index (χ1) is 41.8. The zero-order valence-electron chi connectivity index (χ0n) is 55.9. The summed E-state index contributed by atoms with van der Waals surface area (Å²) in [7, 11) is 0. The Bertz CT molecular complexity index is 5020. The molecular formula is C64H45N5OPt-2. The van der Waals surface area contributed by atoms with E-state index in [1.54, 1.807) is 47.2 Å². The van der Waals surface area contributed by atoms with Crippen LogP contribution in [0.5, 0.6) is 11.5 Å². The first kappa shape index (κ1) is 28.4. The topological polar surface area (TPSA) is 40.8 Å². The minimum absolute atomic E-state index is 0. The molecule has 0 atom stereocenters. The van der Waals surface area contributed by atoms with E-state index in [1.807, 2.05) is 41.0 Å². The predicted octanol–water partition coefficient (Wildman–Crippen LogP) is 15.3. The Balaban J connectivity index is 0.00000769. The van der Waals surface area contributed by atoms with E-state index in [9.17, 15) is 8.22 Å². The largest absolute Gasteiger partial charge is 0.510 e. The van der Waals surface area contributed by atoms with Gasteiger partial charge in [0.2, 0.25) is 0 Å². The molecule has 0 unspecified atom stereocenters. The number of hydrogen-bond donors (Lipinski definition) is 0. The van der Waals surface area contributed by atoms with Crippen LogP contribution in [0.1, 0.15) is 51.0 Å². The molecule has 13 rings (SSSR count). The molecule has 0 aliphatic carbocycles. The number of imidazole rings is 1. The van der Waals surface area contributed by atoms with E-state index >= 15 is 0 Å². The zero-order valence-corrected chi connectivity index (χ0v) is 40.1. The quantitative estimate of drug-likeness (QED) is 0.112. The second-order valence-corrected chi connectivity index (χ2v) is 17.5. The van der Waals surface area contributed by atoms with Crippen LogP contribution in [0, 0.1) is 18.5 Å². The Labute approximate surface area is 451 Å². The smallest absolute Gasteiger partial charge is 0.268 e. The van der Waals surface area contributed by atoms with Gasteiger partial charge in [0.1, 0.15) is 5.82 Å². The standard InChI is InChI=1S/C64H45N5O.Pt/c1-64(2,3)45-36-37-65-62(38-45)69-58-31-15-12-26-54(58)55-34-33-49(41-60(55)69)70-48-23-16-22-46(39-48)66-42-67(63-50(43-18-6-4-7-19-43)27-17-28-51(63)44-20-8-5-9-21-44)61-40-47(32-35-59(61)66)68-56-29-13-10-24-52(56)53-25-11-14-30-57(53)68;/h4-38,40H,1-3H3;/q-2;/i4D,5D,6D,7D,8D,9D,10D,11D,13D,14D,18D,19D,20D,21D,24D,25D,29D,30D;. The van der Waals surface area contributed by atoms with Crippen molar-refractivity contribution >= 4 is 54.6 Å². The van der Waals surface area contributed by atoms with Gasteiger partial charge in [-0.3, -0.25) is 4.57 Å². The average Bonchev–Trinajstić information content (AvgIpc) is 1.71. The summed E-state index contributed by atoms with van der Waals surface area (Å²) >= 11 is 0. The molecule has 71 heavy (non-hydrogen) atoms. The molecule has 0 amide bonds. The van der Waals surface area contributed by atoms with Gasteiger partial charge in [0.15, 0.2) is 0 Å². The number of benzene rings is 9. The molecule has 9 aromatic carbocycles. The maximum absolute atomic E-state index is 9.30. The molecular weight excluding hydrogens is 1050 g/mol. The first-order valence-electron chi connectivity index (χ1n) is 31.2. The van der Waals surface area contributed by atoms with E-state index in [1.165, 1.54) is 33.4 Å². The van der Waals surface area contributed by atoms with Crippen molar-refractivity contribution < 1.29 is 55.0 Å². The number of pyridine rings is 1. The molecule has 0 fully saturated rings. The molecule has 0 saturated heterocycles. The molecule has 4 heterocycles. The van der Waals surface area contributed by atoms with Crippen molar-refractivity contribution in [2.75, 3.05) is 0 Å². The van der Waals surface area contributed by atoms with Gasteiger partial charge in [0.05, 0.1) is 52.4 Å². The Morgan fingerprint density at radius 1 is 0.549 bits per heavy atom. The van der Waals surface area contributed by atoms with Gasteiger partial charge in [-0.25, -0.2) is 4.98 Å². The van der Waals surface area contributed by atoms with Crippen LogP contribution in [0.3, 0.4) is 0 Å². The van der Waals surface area contributed by atoms with Crippen molar-refractivity contribution in [2.24, 2.45) is 0 Å². The van der Waals surface area contributed by atoms with Crippen molar-refractivity contribution in [3.63, 3.8) is 0 Å². The molecule has 7 heteroatoms. The van der Waals surface area contributed by atoms with E-state index < -0.39 is 109 Å². The summed E-state index contributed by atoms with van der Waals surface area (Å²) in [5, 5.41) is 1.50. The summed E-state index contributed by atoms with van der Waals surface area (Å²) in [4.78, 5) is 4.80. The molecule has 0 radical (unpaired) electrons. The molecule has 13 aromatic rings. The number of aromatic nitrogens is 5. The number of hydrogen-bond acceptors (Lipinski definition) is 2. The van der Waals surface area contributed by atoms with E-state index in [4.69, 9.17) is 26.2 Å². The summed E-state index contributed by atoms with van der Waals surface area (Å²) < 4.78 is 174. The van der Waals surface area contributed by atoms with Gasteiger partial charge in [-0.15, -0.1) is 29.7 Å². The van der Waals surface area contributed by atoms with Gasteiger partial charge in [-0.1, -0.05) is 165 Å². The maximum atomic E-state index is 9.30. The molecule has 0 spiro atoms. The number of fused-ring (bicyclic) bond motifs is 7. The van der Waals surface area contributed by atoms with Gasteiger partial charge < -0.3 is 18.4 Å². The third kappa shape index (κ3) is 7.54. The monoisotopic (exact) mass is 1110 g/mol. The van der Waals surface area contributed by atoms with Crippen LogP contribution < -0.4 is 9.30 Å². The number of ether oxygens (including phenoxy) is 1. The average molecular weight is 1110 g/mol. The van der Waals surface area contributed by atoms with E-state index in [2.05, 4.69) is 45.3 Å². The van der Waals surface area contributed by atoms with Gasteiger partial charge in [-0.2, -0.15) is 18.2 Å². The van der Waals surface area contributed by atoms with Crippen molar-refractivity contribution in [1.29, 1.82) is 0 Å². The fraction of sp³-hybridized carbons (Fsp3) is 0.0625. The van der Waals surface area contributed by atoms with Crippen molar-refractivity contribution in [3.8, 4) is 56.6 Å².